The van der Waals surface area contributed by atoms with E-state index in [9.17, 15) is 10.1 Å². The number of nitriles is 1. The third kappa shape index (κ3) is 4.72. The Morgan fingerprint density at radius 3 is 2.89 bits per heavy atom. The topological polar surface area (TPSA) is 101 Å². The standard InChI is InChI=1S/C18H17N5O2S2/c1-3-16-22-23-18(27-16)21-15(24)10-26-17-12(9-19)7-11-5-6-13(25-4-2)8-14(11)20-17/h5-8H,3-4,10H2,1-2H3,(H,21,23,24). The first-order valence-electron chi connectivity index (χ1n) is 8.35. The number of pyridine rings is 1. The number of ether oxygens (including phenoxy) is 1. The van der Waals surface area contributed by atoms with Crippen LogP contribution >= 0.6 is 23.1 Å². The number of amides is 1. The van der Waals surface area contributed by atoms with E-state index < -0.39 is 0 Å². The van der Waals surface area contributed by atoms with Crippen LogP contribution in [-0.2, 0) is 11.2 Å². The number of aromatic nitrogens is 3. The van der Waals surface area contributed by atoms with Crippen molar-refractivity contribution in [3.05, 3.63) is 34.8 Å². The number of benzene rings is 1. The molecule has 2 heterocycles. The number of nitrogens with one attached hydrogen (secondary N) is 1. The molecule has 0 radical (unpaired) electrons. The molecule has 3 rings (SSSR count). The Morgan fingerprint density at radius 1 is 1.33 bits per heavy atom. The molecule has 138 valence electrons. The van der Waals surface area contributed by atoms with Crippen LogP contribution in [0.2, 0.25) is 0 Å². The SMILES string of the molecule is CCOc1ccc2cc(C#N)c(SCC(=O)Nc3nnc(CC)s3)nc2c1. The molecular weight excluding hydrogens is 382 g/mol. The minimum Gasteiger partial charge on any atom is -0.494 e. The summed E-state index contributed by atoms with van der Waals surface area (Å²) in [6, 6.07) is 9.47. The lowest BCUT2D eigenvalue weighted by Crippen LogP contribution is -2.14. The minimum absolute atomic E-state index is 0.124. The molecule has 27 heavy (non-hydrogen) atoms. The number of thioether (sulfide) groups is 1. The molecule has 7 nitrogen and oxygen atoms in total. The third-order valence-electron chi connectivity index (χ3n) is 3.54. The zero-order valence-corrected chi connectivity index (χ0v) is 16.5. The maximum atomic E-state index is 12.2. The molecule has 0 unspecified atom stereocenters. The molecule has 1 aromatic carbocycles. The fourth-order valence-corrected chi connectivity index (χ4v) is 3.77. The van der Waals surface area contributed by atoms with E-state index in [1.54, 1.807) is 6.07 Å². The van der Waals surface area contributed by atoms with Gasteiger partial charge in [0, 0.05) is 11.5 Å². The van der Waals surface area contributed by atoms with Crippen LogP contribution in [0, 0.1) is 11.3 Å². The Morgan fingerprint density at radius 2 is 2.19 bits per heavy atom. The molecule has 0 spiro atoms. The van der Waals surface area contributed by atoms with Crippen LogP contribution in [0.5, 0.6) is 5.75 Å². The summed E-state index contributed by atoms with van der Waals surface area (Å²) in [6.07, 6.45) is 0.776. The van der Waals surface area contributed by atoms with Gasteiger partial charge in [0.15, 0.2) is 0 Å². The maximum Gasteiger partial charge on any atom is 0.236 e. The number of aryl methyl sites for hydroxylation is 1. The Bertz CT molecular complexity index is 1010. The average molecular weight is 400 g/mol. The summed E-state index contributed by atoms with van der Waals surface area (Å²) in [5.41, 5.74) is 1.16. The second kappa shape index (κ2) is 8.79. The first kappa shape index (κ1) is 19.1. The van der Waals surface area contributed by atoms with Gasteiger partial charge in [-0.05, 0) is 31.5 Å². The first-order chi connectivity index (χ1) is 13.1. The zero-order chi connectivity index (χ0) is 19.2. The van der Waals surface area contributed by atoms with E-state index >= 15 is 0 Å². The summed E-state index contributed by atoms with van der Waals surface area (Å²) < 4.78 is 5.50. The zero-order valence-electron chi connectivity index (χ0n) is 14.9. The third-order valence-corrected chi connectivity index (χ3v) is 5.52. The van der Waals surface area contributed by atoms with Gasteiger partial charge >= 0.3 is 0 Å². The maximum absolute atomic E-state index is 12.2. The average Bonchev–Trinajstić information content (AvgIpc) is 3.13. The van der Waals surface area contributed by atoms with Gasteiger partial charge in [0.25, 0.3) is 0 Å². The molecule has 9 heteroatoms. The van der Waals surface area contributed by atoms with E-state index in [1.165, 1.54) is 23.1 Å². The molecule has 2 aromatic heterocycles. The fourth-order valence-electron chi connectivity index (χ4n) is 2.31. The molecule has 1 amide bonds. The number of hydrogen-bond acceptors (Lipinski definition) is 8. The largest absolute Gasteiger partial charge is 0.494 e. The summed E-state index contributed by atoms with van der Waals surface area (Å²) >= 11 is 2.57. The van der Waals surface area contributed by atoms with Crippen LogP contribution in [0.15, 0.2) is 29.3 Å². The number of anilines is 1. The van der Waals surface area contributed by atoms with Crippen molar-refractivity contribution in [2.45, 2.75) is 25.3 Å². The smallest absolute Gasteiger partial charge is 0.236 e. The Balaban J connectivity index is 1.74. The Hall–Kier alpha value is -2.70. The van der Waals surface area contributed by atoms with Crippen LogP contribution < -0.4 is 10.1 Å². The second-order valence-corrected chi connectivity index (χ2v) is 7.46. The number of carbonyl (C=O) groups excluding carboxylic acids is 1. The van der Waals surface area contributed by atoms with E-state index in [4.69, 9.17) is 4.74 Å². The van der Waals surface area contributed by atoms with Gasteiger partial charge in [-0.2, -0.15) is 5.26 Å². The minimum atomic E-state index is -0.215. The van der Waals surface area contributed by atoms with E-state index in [0.29, 0.717) is 22.3 Å². The molecule has 0 aliphatic carbocycles. The van der Waals surface area contributed by atoms with E-state index in [1.807, 2.05) is 32.0 Å². The van der Waals surface area contributed by atoms with Crippen LogP contribution in [0.3, 0.4) is 0 Å². The summed E-state index contributed by atoms with van der Waals surface area (Å²) in [5.74, 6) is 0.630. The van der Waals surface area contributed by atoms with Crippen LogP contribution in [0.1, 0.15) is 24.4 Å². The van der Waals surface area contributed by atoms with Gasteiger partial charge in [-0.1, -0.05) is 30.0 Å². The highest BCUT2D eigenvalue weighted by atomic mass is 32.2. The molecule has 1 N–H and O–H groups in total. The van der Waals surface area contributed by atoms with Gasteiger partial charge in [0.2, 0.25) is 11.0 Å². The summed E-state index contributed by atoms with van der Waals surface area (Å²) in [6.45, 7) is 4.46. The molecule has 0 saturated carbocycles. The Labute approximate surface area is 164 Å². The lowest BCUT2D eigenvalue weighted by molar-refractivity contribution is -0.113. The first-order valence-corrected chi connectivity index (χ1v) is 10.2. The van der Waals surface area contributed by atoms with Gasteiger partial charge in [-0.15, -0.1) is 10.2 Å². The lowest BCUT2D eigenvalue weighted by Gasteiger charge is -2.08. The number of carbonyl (C=O) groups is 1. The molecule has 3 aromatic rings. The lowest BCUT2D eigenvalue weighted by atomic mass is 10.1. The van der Waals surface area contributed by atoms with Crippen molar-refractivity contribution in [2.24, 2.45) is 0 Å². The summed E-state index contributed by atoms with van der Waals surface area (Å²) in [4.78, 5) is 16.7. The van der Waals surface area contributed by atoms with Crippen LogP contribution in [0.4, 0.5) is 5.13 Å². The van der Waals surface area contributed by atoms with Gasteiger partial charge in [-0.25, -0.2) is 4.98 Å². The number of rotatable bonds is 7. The van der Waals surface area contributed by atoms with Crippen molar-refractivity contribution in [3.63, 3.8) is 0 Å². The van der Waals surface area contributed by atoms with Gasteiger partial charge in [-0.3, -0.25) is 10.1 Å². The van der Waals surface area contributed by atoms with E-state index in [2.05, 4.69) is 26.6 Å². The van der Waals surface area contributed by atoms with Gasteiger partial charge in [0.1, 0.15) is 21.9 Å². The summed E-state index contributed by atoms with van der Waals surface area (Å²) in [5, 5.41) is 22.7. The number of fused-ring (bicyclic) bond motifs is 1. The van der Waals surface area contributed by atoms with Gasteiger partial charge in [0.05, 0.1) is 23.4 Å². The van der Waals surface area contributed by atoms with Crippen molar-refractivity contribution < 1.29 is 9.53 Å². The molecule has 0 atom stereocenters. The fraction of sp³-hybridized carbons (Fsp3) is 0.278. The normalized spacial score (nSPS) is 10.6. The number of hydrogen-bond donors (Lipinski definition) is 1. The molecule has 0 fully saturated rings. The quantitative estimate of drug-likeness (QED) is 0.605. The predicted molar refractivity (Wildman–Crippen MR) is 106 cm³/mol. The predicted octanol–water partition coefficient (Wildman–Crippen LogP) is 3.65. The molecule has 0 bridgehead atoms. The Kier molecular flexibility index (Phi) is 6.21. The van der Waals surface area contributed by atoms with E-state index in [0.717, 1.165) is 28.1 Å². The van der Waals surface area contributed by atoms with Gasteiger partial charge < -0.3 is 4.74 Å². The van der Waals surface area contributed by atoms with E-state index in [-0.39, 0.29) is 11.7 Å². The van der Waals surface area contributed by atoms with Crippen molar-refractivity contribution in [1.82, 2.24) is 15.2 Å². The van der Waals surface area contributed by atoms with Crippen molar-refractivity contribution in [2.75, 3.05) is 17.7 Å². The van der Waals surface area contributed by atoms with Crippen molar-refractivity contribution in [3.8, 4) is 11.8 Å². The molecule has 0 aliphatic heterocycles. The highest BCUT2D eigenvalue weighted by Crippen LogP contribution is 2.27. The molecular formula is C18H17N5O2S2. The molecule has 0 saturated heterocycles. The van der Waals surface area contributed by atoms with Crippen LogP contribution in [0.25, 0.3) is 10.9 Å². The highest BCUT2D eigenvalue weighted by molar-refractivity contribution is 8.00. The van der Waals surface area contributed by atoms with Crippen LogP contribution in [-0.4, -0.2) is 33.4 Å². The summed E-state index contributed by atoms with van der Waals surface area (Å²) in [7, 11) is 0. The highest BCUT2D eigenvalue weighted by Gasteiger charge is 2.12. The molecule has 0 aliphatic rings. The second-order valence-electron chi connectivity index (χ2n) is 5.43. The monoisotopic (exact) mass is 399 g/mol. The van der Waals surface area contributed by atoms with Crippen molar-refractivity contribution in [1.29, 1.82) is 5.26 Å². The number of nitrogens with zero attached hydrogens (tertiary/aromatic N) is 4. The van der Waals surface area contributed by atoms with Crippen molar-refractivity contribution >= 4 is 45.0 Å².